The van der Waals surface area contributed by atoms with E-state index in [4.69, 9.17) is 0 Å². The summed E-state index contributed by atoms with van der Waals surface area (Å²) in [4.78, 5) is 18.8. The van der Waals surface area contributed by atoms with Crippen molar-refractivity contribution in [1.29, 1.82) is 0 Å². The van der Waals surface area contributed by atoms with Crippen LogP contribution < -0.4 is 5.56 Å². The number of rotatable bonds is 1. The van der Waals surface area contributed by atoms with Crippen molar-refractivity contribution in [3.05, 3.63) is 37.3 Å². The van der Waals surface area contributed by atoms with E-state index in [0.29, 0.717) is 23.1 Å². The molecule has 0 amide bonds. The van der Waals surface area contributed by atoms with Crippen LogP contribution in [0.25, 0.3) is 10.9 Å². The minimum Gasteiger partial charge on any atom is -0.310 e. The molecule has 0 unspecified atom stereocenters. The predicted octanol–water partition coefficient (Wildman–Crippen LogP) is 3.01. The maximum atomic E-state index is 11.7. The average Bonchev–Trinajstić information content (AvgIpc) is 2.19. The molecule has 0 radical (unpaired) electrons. The lowest BCUT2D eigenvalue weighted by molar-refractivity contribution is 0.943. The van der Waals surface area contributed by atoms with Gasteiger partial charge in [0, 0.05) is 15.4 Å². The molecule has 78 valence electrons. The van der Waals surface area contributed by atoms with Crippen LogP contribution in [0.2, 0.25) is 0 Å². The molecule has 0 spiro atoms. The number of fused-ring (bicyclic) bond motifs is 1. The molecule has 1 aromatic heterocycles. The summed E-state index contributed by atoms with van der Waals surface area (Å²) < 4.78 is 1.69. The second kappa shape index (κ2) is 4.06. The van der Waals surface area contributed by atoms with Gasteiger partial charge in [0.2, 0.25) is 0 Å². The molecule has 1 N–H and O–H groups in total. The third-order valence-electron chi connectivity index (χ3n) is 2.11. The minimum absolute atomic E-state index is 0.0983. The topological polar surface area (TPSA) is 45.8 Å². The van der Waals surface area contributed by atoms with Gasteiger partial charge in [0.05, 0.1) is 10.9 Å². The van der Waals surface area contributed by atoms with Crippen LogP contribution >= 0.6 is 31.9 Å². The molecule has 0 aliphatic carbocycles. The first-order valence-corrected chi connectivity index (χ1v) is 6.08. The summed E-state index contributed by atoms with van der Waals surface area (Å²) in [7, 11) is 0. The quantitative estimate of drug-likeness (QED) is 0.873. The molecule has 0 bridgehead atoms. The zero-order chi connectivity index (χ0) is 11.0. The SMILES string of the molecule is CCc1nc2c(Br)cc(Br)cc2c(=O)[nH]1. The van der Waals surface area contributed by atoms with Crippen LogP contribution in [0.1, 0.15) is 12.7 Å². The van der Waals surface area contributed by atoms with Crippen molar-refractivity contribution in [2.75, 3.05) is 0 Å². The number of nitrogens with one attached hydrogen (secondary N) is 1. The largest absolute Gasteiger partial charge is 0.310 e. The second-order valence-corrected chi connectivity index (χ2v) is 4.92. The maximum absolute atomic E-state index is 11.7. The van der Waals surface area contributed by atoms with E-state index in [9.17, 15) is 4.79 Å². The smallest absolute Gasteiger partial charge is 0.258 e. The fraction of sp³-hybridized carbons (Fsp3) is 0.200. The second-order valence-electron chi connectivity index (χ2n) is 3.15. The molecule has 0 fully saturated rings. The van der Waals surface area contributed by atoms with Gasteiger partial charge < -0.3 is 4.98 Å². The molecule has 5 heteroatoms. The maximum Gasteiger partial charge on any atom is 0.258 e. The molecule has 0 atom stereocenters. The van der Waals surface area contributed by atoms with Gasteiger partial charge in [-0.25, -0.2) is 4.98 Å². The van der Waals surface area contributed by atoms with E-state index >= 15 is 0 Å². The number of aromatic nitrogens is 2. The fourth-order valence-corrected chi connectivity index (χ4v) is 2.70. The van der Waals surface area contributed by atoms with E-state index in [1.165, 1.54) is 0 Å². The first-order chi connectivity index (χ1) is 7.11. The molecule has 15 heavy (non-hydrogen) atoms. The molecule has 0 saturated carbocycles. The number of H-pyrrole nitrogens is 1. The fourth-order valence-electron chi connectivity index (χ4n) is 1.38. The number of hydrogen-bond acceptors (Lipinski definition) is 2. The van der Waals surface area contributed by atoms with Gasteiger partial charge in [0.25, 0.3) is 5.56 Å². The highest BCUT2D eigenvalue weighted by atomic mass is 79.9. The lowest BCUT2D eigenvalue weighted by Gasteiger charge is -2.03. The van der Waals surface area contributed by atoms with Gasteiger partial charge in [-0.1, -0.05) is 22.9 Å². The van der Waals surface area contributed by atoms with Crippen molar-refractivity contribution in [1.82, 2.24) is 9.97 Å². The molecule has 0 aliphatic heterocycles. The van der Waals surface area contributed by atoms with Crippen molar-refractivity contribution < 1.29 is 0 Å². The summed E-state index contributed by atoms with van der Waals surface area (Å²) in [5, 5.41) is 0.591. The van der Waals surface area contributed by atoms with Crippen LogP contribution in [0, 0.1) is 0 Å². The first-order valence-electron chi connectivity index (χ1n) is 4.49. The highest BCUT2D eigenvalue weighted by Gasteiger charge is 2.07. The Bertz CT molecular complexity index is 577. The third kappa shape index (κ3) is 1.99. The molecule has 1 heterocycles. The number of benzene rings is 1. The van der Waals surface area contributed by atoms with E-state index in [1.54, 1.807) is 6.07 Å². The van der Waals surface area contributed by atoms with Crippen LogP contribution in [0.4, 0.5) is 0 Å². The van der Waals surface area contributed by atoms with E-state index in [-0.39, 0.29) is 5.56 Å². The Hall–Kier alpha value is -0.680. The monoisotopic (exact) mass is 330 g/mol. The van der Waals surface area contributed by atoms with Gasteiger partial charge in [-0.15, -0.1) is 0 Å². The molecule has 3 nitrogen and oxygen atoms in total. The van der Waals surface area contributed by atoms with Gasteiger partial charge in [0.15, 0.2) is 0 Å². The highest BCUT2D eigenvalue weighted by Crippen LogP contribution is 2.24. The molecular formula is C10H8Br2N2O. The van der Waals surface area contributed by atoms with Crippen molar-refractivity contribution in [2.45, 2.75) is 13.3 Å². The van der Waals surface area contributed by atoms with Gasteiger partial charge in [-0.05, 0) is 28.1 Å². The van der Waals surface area contributed by atoms with Gasteiger partial charge in [-0.3, -0.25) is 4.79 Å². The van der Waals surface area contributed by atoms with Crippen molar-refractivity contribution in [3.8, 4) is 0 Å². The Balaban J connectivity index is 2.91. The zero-order valence-electron chi connectivity index (χ0n) is 7.97. The van der Waals surface area contributed by atoms with E-state index in [2.05, 4.69) is 41.8 Å². The molecule has 0 aliphatic rings. The van der Waals surface area contributed by atoms with Crippen molar-refractivity contribution in [2.24, 2.45) is 0 Å². The lowest BCUT2D eigenvalue weighted by atomic mass is 10.2. The molecule has 1 aromatic carbocycles. The Kier molecular flexibility index (Phi) is 2.93. The lowest BCUT2D eigenvalue weighted by Crippen LogP contribution is -2.11. The Morgan fingerprint density at radius 3 is 2.80 bits per heavy atom. The summed E-state index contributed by atoms with van der Waals surface area (Å²) in [6.07, 6.45) is 0.716. The van der Waals surface area contributed by atoms with Crippen LogP contribution in [0.3, 0.4) is 0 Å². The predicted molar refractivity (Wildman–Crippen MR) is 67.1 cm³/mol. The Morgan fingerprint density at radius 2 is 2.13 bits per heavy atom. The summed E-state index contributed by atoms with van der Waals surface area (Å²) in [6.45, 7) is 1.96. The number of hydrogen-bond donors (Lipinski definition) is 1. The highest BCUT2D eigenvalue weighted by molar-refractivity contribution is 9.11. The van der Waals surface area contributed by atoms with E-state index < -0.39 is 0 Å². The standard InChI is InChI=1S/C10H8Br2N2O/c1-2-8-13-9-6(10(15)14-8)3-5(11)4-7(9)12/h3-4H,2H2,1H3,(H,13,14,15). The summed E-state index contributed by atoms with van der Waals surface area (Å²) in [5.41, 5.74) is 0.609. The first kappa shape index (κ1) is 10.8. The van der Waals surface area contributed by atoms with Gasteiger partial charge in [0.1, 0.15) is 5.82 Å². The minimum atomic E-state index is -0.0983. The van der Waals surface area contributed by atoms with Crippen molar-refractivity contribution in [3.63, 3.8) is 0 Å². The van der Waals surface area contributed by atoms with Crippen LogP contribution in [0.15, 0.2) is 25.9 Å². The third-order valence-corrected chi connectivity index (χ3v) is 3.17. The molecule has 0 saturated heterocycles. The summed E-state index contributed by atoms with van der Waals surface area (Å²) in [5.74, 6) is 0.704. The number of aromatic amines is 1. The Labute approximate surface area is 103 Å². The van der Waals surface area contributed by atoms with Gasteiger partial charge in [-0.2, -0.15) is 0 Å². The number of nitrogens with zero attached hydrogens (tertiary/aromatic N) is 1. The molecular weight excluding hydrogens is 324 g/mol. The normalized spacial score (nSPS) is 10.9. The summed E-state index contributed by atoms with van der Waals surface area (Å²) in [6, 6.07) is 3.65. The Morgan fingerprint density at radius 1 is 1.40 bits per heavy atom. The molecule has 2 rings (SSSR count). The molecule has 2 aromatic rings. The summed E-state index contributed by atoms with van der Waals surface area (Å²) >= 11 is 6.74. The number of aryl methyl sites for hydroxylation is 1. The van der Waals surface area contributed by atoms with Crippen molar-refractivity contribution >= 4 is 42.8 Å². The number of halogens is 2. The van der Waals surface area contributed by atoms with Crippen LogP contribution in [-0.2, 0) is 6.42 Å². The zero-order valence-corrected chi connectivity index (χ0v) is 11.1. The van der Waals surface area contributed by atoms with Crippen LogP contribution in [-0.4, -0.2) is 9.97 Å². The van der Waals surface area contributed by atoms with E-state index in [1.807, 2.05) is 13.0 Å². The average molecular weight is 332 g/mol. The van der Waals surface area contributed by atoms with E-state index in [0.717, 1.165) is 8.95 Å². The van der Waals surface area contributed by atoms with Gasteiger partial charge >= 0.3 is 0 Å². The van der Waals surface area contributed by atoms with Crippen LogP contribution in [0.5, 0.6) is 0 Å².